The van der Waals surface area contributed by atoms with Crippen molar-refractivity contribution in [3.8, 4) is 6.07 Å². The lowest BCUT2D eigenvalue weighted by atomic mass is 10.1. The van der Waals surface area contributed by atoms with Crippen molar-refractivity contribution in [1.82, 2.24) is 0 Å². The molecule has 1 atom stereocenters. The molecule has 1 aromatic carbocycles. The topological polar surface area (TPSA) is 47.3 Å². The van der Waals surface area contributed by atoms with E-state index in [4.69, 9.17) is 5.26 Å². The fourth-order valence-electron chi connectivity index (χ4n) is 1.99. The second kappa shape index (κ2) is 3.56. The molecule has 1 N–H and O–H groups in total. The average molecular weight is 202 g/mol. The molecule has 2 rings (SSSR count). The van der Waals surface area contributed by atoms with Gasteiger partial charge in [-0.1, -0.05) is 12.1 Å². The van der Waals surface area contributed by atoms with Crippen LogP contribution in [0.15, 0.2) is 24.3 Å². The second-order valence-corrected chi connectivity index (χ2v) is 4.30. The first-order valence-corrected chi connectivity index (χ1v) is 5.09. The molecular weight excluding hydrogens is 188 g/mol. The Kier molecular flexibility index (Phi) is 2.37. The highest BCUT2D eigenvalue weighted by Gasteiger charge is 2.32. The van der Waals surface area contributed by atoms with Crippen LogP contribution in [0.2, 0.25) is 0 Å². The van der Waals surface area contributed by atoms with Crippen molar-refractivity contribution in [3.05, 3.63) is 29.8 Å². The zero-order chi connectivity index (χ0) is 10.9. The maximum atomic E-state index is 9.87. The minimum Gasteiger partial charge on any atom is -0.388 e. The first-order chi connectivity index (χ1) is 7.12. The standard InChI is InChI=1S/C12H14N2O/c1-12(15)6-7-14(9-12)11-5-3-2-4-10(11)8-13/h2-5,15H,6-7,9H2,1H3. The molecule has 1 aliphatic heterocycles. The van der Waals surface area contributed by atoms with Gasteiger partial charge < -0.3 is 10.0 Å². The van der Waals surface area contributed by atoms with Gasteiger partial charge in [-0.15, -0.1) is 0 Å². The van der Waals surface area contributed by atoms with Crippen molar-refractivity contribution in [2.45, 2.75) is 18.9 Å². The number of anilines is 1. The second-order valence-electron chi connectivity index (χ2n) is 4.30. The van der Waals surface area contributed by atoms with E-state index in [1.165, 1.54) is 0 Å². The Hall–Kier alpha value is -1.53. The molecule has 1 aliphatic rings. The van der Waals surface area contributed by atoms with Gasteiger partial charge in [-0.2, -0.15) is 5.26 Å². The van der Waals surface area contributed by atoms with Gasteiger partial charge in [0.1, 0.15) is 6.07 Å². The summed E-state index contributed by atoms with van der Waals surface area (Å²) in [5.41, 5.74) is 0.982. The molecule has 3 heteroatoms. The number of benzene rings is 1. The molecule has 0 spiro atoms. The Morgan fingerprint density at radius 3 is 2.80 bits per heavy atom. The van der Waals surface area contributed by atoms with Gasteiger partial charge in [0.15, 0.2) is 0 Å². The van der Waals surface area contributed by atoms with Gasteiger partial charge in [0.05, 0.1) is 16.9 Å². The fraction of sp³-hybridized carbons (Fsp3) is 0.417. The largest absolute Gasteiger partial charge is 0.388 e. The van der Waals surface area contributed by atoms with E-state index in [0.29, 0.717) is 12.1 Å². The van der Waals surface area contributed by atoms with E-state index >= 15 is 0 Å². The van der Waals surface area contributed by atoms with Crippen molar-refractivity contribution in [2.75, 3.05) is 18.0 Å². The molecule has 78 valence electrons. The van der Waals surface area contributed by atoms with Crippen molar-refractivity contribution in [1.29, 1.82) is 5.26 Å². The van der Waals surface area contributed by atoms with Crippen LogP contribution in [-0.2, 0) is 0 Å². The number of aliphatic hydroxyl groups is 1. The van der Waals surface area contributed by atoms with Gasteiger partial charge in [-0.3, -0.25) is 0 Å². The molecule has 15 heavy (non-hydrogen) atoms. The monoisotopic (exact) mass is 202 g/mol. The van der Waals surface area contributed by atoms with E-state index in [1.54, 1.807) is 0 Å². The SMILES string of the molecule is CC1(O)CCN(c2ccccc2C#N)C1. The van der Waals surface area contributed by atoms with Crippen LogP contribution in [0.5, 0.6) is 0 Å². The smallest absolute Gasteiger partial charge is 0.101 e. The van der Waals surface area contributed by atoms with Gasteiger partial charge in [0, 0.05) is 13.1 Å². The van der Waals surface area contributed by atoms with Gasteiger partial charge in [0.25, 0.3) is 0 Å². The lowest BCUT2D eigenvalue weighted by Gasteiger charge is -2.21. The maximum Gasteiger partial charge on any atom is 0.101 e. The molecule has 0 aliphatic carbocycles. The van der Waals surface area contributed by atoms with Crippen LogP contribution in [0.3, 0.4) is 0 Å². The van der Waals surface area contributed by atoms with E-state index in [-0.39, 0.29) is 0 Å². The van der Waals surface area contributed by atoms with E-state index < -0.39 is 5.60 Å². The number of hydrogen-bond acceptors (Lipinski definition) is 3. The Morgan fingerprint density at radius 2 is 2.20 bits per heavy atom. The molecular formula is C12H14N2O. The molecule has 1 aromatic rings. The van der Waals surface area contributed by atoms with Crippen LogP contribution in [0.4, 0.5) is 5.69 Å². The Bertz CT molecular complexity index is 406. The van der Waals surface area contributed by atoms with Crippen LogP contribution >= 0.6 is 0 Å². The number of nitrogens with zero attached hydrogens (tertiary/aromatic N) is 2. The number of para-hydroxylation sites is 1. The lowest BCUT2D eigenvalue weighted by molar-refractivity contribution is 0.0839. The zero-order valence-electron chi connectivity index (χ0n) is 8.77. The summed E-state index contributed by atoms with van der Waals surface area (Å²) in [6, 6.07) is 9.69. The minimum absolute atomic E-state index is 0.603. The van der Waals surface area contributed by atoms with E-state index in [0.717, 1.165) is 18.7 Å². The third-order valence-corrected chi connectivity index (χ3v) is 2.82. The Balaban J connectivity index is 2.28. The lowest BCUT2D eigenvalue weighted by Crippen LogP contribution is -2.29. The highest BCUT2D eigenvalue weighted by Crippen LogP contribution is 2.28. The van der Waals surface area contributed by atoms with Crippen LogP contribution in [0.1, 0.15) is 18.9 Å². The summed E-state index contributed by atoms with van der Waals surface area (Å²) in [6.45, 7) is 3.25. The quantitative estimate of drug-likeness (QED) is 0.751. The van der Waals surface area contributed by atoms with Crippen molar-refractivity contribution < 1.29 is 5.11 Å². The summed E-state index contributed by atoms with van der Waals surface area (Å²) in [7, 11) is 0. The molecule has 3 nitrogen and oxygen atoms in total. The van der Waals surface area contributed by atoms with E-state index in [9.17, 15) is 5.11 Å². The molecule has 1 heterocycles. The predicted octanol–water partition coefficient (Wildman–Crippen LogP) is 1.52. The fourth-order valence-corrected chi connectivity index (χ4v) is 1.99. The summed E-state index contributed by atoms with van der Waals surface area (Å²) in [4.78, 5) is 2.07. The van der Waals surface area contributed by atoms with Gasteiger partial charge >= 0.3 is 0 Å². The van der Waals surface area contributed by atoms with E-state index in [1.807, 2.05) is 31.2 Å². The number of hydrogen-bond donors (Lipinski definition) is 1. The van der Waals surface area contributed by atoms with Gasteiger partial charge in [-0.05, 0) is 25.5 Å². The summed E-state index contributed by atoms with van der Waals surface area (Å²) in [5.74, 6) is 0. The average Bonchev–Trinajstić information content (AvgIpc) is 2.59. The number of rotatable bonds is 1. The zero-order valence-corrected chi connectivity index (χ0v) is 8.77. The third kappa shape index (κ3) is 1.95. The first kappa shape index (κ1) is 10.0. The number of nitriles is 1. The van der Waals surface area contributed by atoms with Crippen molar-refractivity contribution in [2.24, 2.45) is 0 Å². The molecule has 0 saturated carbocycles. The highest BCUT2D eigenvalue weighted by atomic mass is 16.3. The summed E-state index contributed by atoms with van der Waals surface area (Å²) < 4.78 is 0. The van der Waals surface area contributed by atoms with E-state index in [2.05, 4.69) is 11.0 Å². The normalized spacial score (nSPS) is 25.3. The van der Waals surface area contributed by atoms with Crippen LogP contribution in [0, 0.1) is 11.3 Å². The highest BCUT2D eigenvalue weighted by molar-refractivity contribution is 5.60. The molecule has 0 amide bonds. The third-order valence-electron chi connectivity index (χ3n) is 2.82. The van der Waals surface area contributed by atoms with Gasteiger partial charge in [0.2, 0.25) is 0 Å². The Labute approximate surface area is 89.6 Å². The summed E-state index contributed by atoms with van der Waals surface area (Å²) >= 11 is 0. The Morgan fingerprint density at radius 1 is 1.47 bits per heavy atom. The summed E-state index contributed by atoms with van der Waals surface area (Å²) in [5, 5.41) is 18.8. The van der Waals surface area contributed by atoms with Crippen molar-refractivity contribution in [3.63, 3.8) is 0 Å². The van der Waals surface area contributed by atoms with Gasteiger partial charge in [-0.25, -0.2) is 0 Å². The molecule has 1 unspecified atom stereocenters. The molecule has 0 radical (unpaired) electrons. The van der Waals surface area contributed by atoms with Crippen molar-refractivity contribution >= 4 is 5.69 Å². The van der Waals surface area contributed by atoms with Crippen LogP contribution < -0.4 is 4.90 Å². The predicted molar refractivity (Wildman–Crippen MR) is 58.6 cm³/mol. The molecule has 1 fully saturated rings. The molecule has 0 aromatic heterocycles. The molecule has 0 bridgehead atoms. The van der Waals surface area contributed by atoms with Crippen LogP contribution in [-0.4, -0.2) is 23.8 Å². The van der Waals surface area contributed by atoms with Crippen LogP contribution in [0.25, 0.3) is 0 Å². The summed E-state index contributed by atoms with van der Waals surface area (Å²) in [6.07, 6.45) is 0.757. The first-order valence-electron chi connectivity index (χ1n) is 5.09. The maximum absolute atomic E-state index is 9.87. The minimum atomic E-state index is -0.622. The number of β-amino-alcohol motifs (C(OH)–C–C–N with tert-alkyl or cyclic N) is 1. The molecule has 1 saturated heterocycles.